The van der Waals surface area contributed by atoms with Gasteiger partial charge in [-0.25, -0.2) is 0 Å². The van der Waals surface area contributed by atoms with Crippen LogP contribution in [0.1, 0.15) is 27.7 Å². The van der Waals surface area contributed by atoms with Crippen LogP contribution in [0.15, 0.2) is 22.5 Å². The first kappa shape index (κ1) is 11.3. The molecule has 15 heavy (non-hydrogen) atoms. The van der Waals surface area contributed by atoms with E-state index in [0.29, 0.717) is 11.1 Å². The maximum atomic E-state index is 9.15. The Bertz CT molecular complexity index is 398. The van der Waals surface area contributed by atoms with Crippen molar-refractivity contribution in [3.05, 3.63) is 22.5 Å². The molecule has 0 atom stereocenters. The molecule has 1 aliphatic heterocycles. The highest BCUT2D eigenvalue weighted by Crippen LogP contribution is 2.42. The van der Waals surface area contributed by atoms with E-state index in [1.165, 1.54) is 0 Å². The van der Waals surface area contributed by atoms with E-state index in [2.05, 4.69) is 12.1 Å². The molecule has 1 rings (SSSR count). The molecule has 1 heterocycles. The molecule has 3 heteroatoms. The van der Waals surface area contributed by atoms with Crippen LogP contribution in [0, 0.1) is 28.1 Å². The van der Waals surface area contributed by atoms with Crippen molar-refractivity contribution in [3.8, 4) is 12.1 Å². The molecule has 78 valence electrons. The zero-order valence-corrected chi connectivity index (χ0v) is 9.84. The number of nitrogens with zero attached hydrogens (tertiary/aromatic N) is 3. The van der Waals surface area contributed by atoms with Crippen molar-refractivity contribution in [1.82, 2.24) is 4.90 Å². The lowest BCUT2D eigenvalue weighted by Gasteiger charge is -2.37. The van der Waals surface area contributed by atoms with Crippen molar-refractivity contribution >= 4 is 0 Å². The molecular weight excluding hydrogens is 186 g/mol. The molecule has 0 radical (unpaired) electrons. The molecule has 0 bridgehead atoms. The van der Waals surface area contributed by atoms with Crippen molar-refractivity contribution in [3.63, 3.8) is 0 Å². The summed E-state index contributed by atoms with van der Waals surface area (Å²) in [7, 11) is 1.88. The van der Waals surface area contributed by atoms with Gasteiger partial charge in [0.25, 0.3) is 0 Å². The molecular formula is C12H15N3. The van der Waals surface area contributed by atoms with Gasteiger partial charge in [0.1, 0.15) is 0 Å². The third-order valence-corrected chi connectivity index (χ3v) is 3.20. The zero-order chi connectivity index (χ0) is 11.8. The van der Waals surface area contributed by atoms with Gasteiger partial charge >= 0.3 is 0 Å². The molecule has 0 fully saturated rings. The van der Waals surface area contributed by atoms with Gasteiger partial charge in [-0.2, -0.15) is 10.5 Å². The van der Waals surface area contributed by atoms with E-state index in [0.717, 1.165) is 11.4 Å². The fourth-order valence-corrected chi connectivity index (χ4v) is 2.06. The van der Waals surface area contributed by atoms with Crippen molar-refractivity contribution < 1.29 is 0 Å². The molecule has 0 aromatic heterocycles. The highest BCUT2D eigenvalue weighted by molar-refractivity contribution is 5.50. The lowest BCUT2D eigenvalue weighted by Crippen LogP contribution is -2.31. The topological polar surface area (TPSA) is 50.8 Å². The van der Waals surface area contributed by atoms with Gasteiger partial charge in [0.05, 0.1) is 23.3 Å². The Morgan fingerprint density at radius 1 is 1.00 bits per heavy atom. The summed E-state index contributed by atoms with van der Waals surface area (Å²) in [5.41, 5.74) is 2.74. The summed E-state index contributed by atoms with van der Waals surface area (Å²) in [5, 5.41) is 18.3. The first-order valence-electron chi connectivity index (χ1n) is 4.84. The van der Waals surface area contributed by atoms with Crippen LogP contribution in [-0.2, 0) is 0 Å². The van der Waals surface area contributed by atoms with Gasteiger partial charge in [-0.3, -0.25) is 0 Å². The Labute approximate surface area is 90.9 Å². The summed E-state index contributed by atoms with van der Waals surface area (Å²) in [6, 6.07) is 4.42. The lowest BCUT2D eigenvalue weighted by molar-refractivity contribution is 0.426. The van der Waals surface area contributed by atoms with Gasteiger partial charge in [-0.1, -0.05) is 13.8 Å². The summed E-state index contributed by atoms with van der Waals surface area (Å²) in [6.45, 7) is 7.67. The van der Waals surface area contributed by atoms with Gasteiger partial charge in [0, 0.05) is 23.9 Å². The second kappa shape index (κ2) is 3.44. The highest BCUT2D eigenvalue weighted by Gasteiger charge is 2.36. The van der Waals surface area contributed by atoms with E-state index in [1.54, 1.807) is 0 Å². The maximum Gasteiger partial charge on any atom is 0.0975 e. The van der Waals surface area contributed by atoms with Crippen LogP contribution >= 0.6 is 0 Å². The summed E-state index contributed by atoms with van der Waals surface area (Å²) >= 11 is 0. The number of hydrogen-bond donors (Lipinski definition) is 0. The SMILES string of the molecule is CC1=C(C#N)C(C)(C)C(C#N)=C(C)N1C. The van der Waals surface area contributed by atoms with E-state index in [9.17, 15) is 0 Å². The summed E-state index contributed by atoms with van der Waals surface area (Å²) in [6.07, 6.45) is 0. The minimum atomic E-state index is -0.468. The minimum Gasteiger partial charge on any atom is -0.350 e. The Balaban J connectivity index is 3.51. The van der Waals surface area contributed by atoms with Crippen LogP contribution in [-0.4, -0.2) is 11.9 Å². The third kappa shape index (κ3) is 1.41. The van der Waals surface area contributed by atoms with Crippen LogP contribution in [0.25, 0.3) is 0 Å². The second-order valence-corrected chi connectivity index (χ2v) is 4.33. The minimum absolute atomic E-state index is 0.468. The van der Waals surface area contributed by atoms with Crippen LogP contribution in [0.4, 0.5) is 0 Å². The predicted octanol–water partition coefficient (Wildman–Crippen LogP) is 2.55. The first-order chi connectivity index (χ1) is 6.87. The highest BCUT2D eigenvalue weighted by atomic mass is 15.1. The van der Waals surface area contributed by atoms with Crippen LogP contribution in [0.2, 0.25) is 0 Å². The first-order valence-corrected chi connectivity index (χ1v) is 4.84. The molecule has 0 aliphatic carbocycles. The van der Waals surface area contributed by atoms with E-state index < -0.39 is 5.41 Å². The fraction of sp³-hybridized carbons (Fsp3) is 0.500. The van der Waals surface area contributed by atoms with Gasteiger partial charge < -0.3 is 4.90 Å². The normalized spacial score (nSPS) is 20.1. The zero-order valence-electron chi connectivity index (χ0n) is 9.84. The van der Waals surface area contributed by atoms with Crippen LogP contribution in [0.5, 0.6) is 0 Å². The average molecular weight is 201 g/mol. The molecule has 0 amide bonds. The smallest absolute Gasteiger partial charge is 0.0975 e. The molecule has 0 unspecified atom stereocenters. The van der Waals surface area contributed by atoms with Crippen LogP contribution < -0.4 is 0 Å². The van der Waals surface area contributed by atoms with Gasteiger partial charge in [0.15, 0.2) is 0 Å². The number of rotatable bonds is 0. The monoisotopic (exact) mass is 201 g/mol. The number of hydrogen-bond acceptors (Lipinski definition) is 3. The van der Waals surface area contributed by atoms with Crippen LogP contribution in [0.3, 0.4) is 0 Å². The van der Waals surface area contributed by atoms with E-state index >= 15 is 0 Å². The molecule has 3 nitrogen and oxygen atoms in total. The van der Waals surface area contributed by atoms with Crippen molar-refractivity contribution in [2.24, 2.45) is 5.41 Å². The summed E-state index contributed by atoms with van der Waals surface area (Å²) in [4.78, 5) is 1.91. The lowest BCUT2D eigenvalue weighted by atomic mass is 9.74. The third-order valence-electron chi connectivity index (χ3n) is 3.20. The van der Waals surface area contributed by atoms with Crippen molar-refractivity contribution in [2.75, 3.05) is 7.05 Å². The van der Waals surface area contributed by atoms with Gasteiger partial charge in [-0.15, -0.1) is 0 Å². The van der Waals surface area contributed by atoms with Crippen molar-refractivity contribution in [2.45, 2.75) is 27.7 Å². The van der Waals surface area contributed by atoms with Crippen molar-refractivity contribution in [1.29, 1.82) is 10.5 Å². The maximum absolute atomic E-state index is 9.15. The average Bonchev–Trinajstić information content (AvgIpc) is 2.15. The second-order valence-electron chi connectivity index (χ2n) is 4.33. The van der Waals surface area contributed by atoms with Gasteiger partial charge in [0.2, 0.25) is 0 Å². The molecule has 0 saturated heterocycles. The Kier molecular flexibility index (Phi) is 2.60. The number of nitriles is 2. The molecule has 1 aliphatic rings. The molecule has 0 spiro atoms. The van der Waals surface area contributed by atoms with E-state index in [1.807, 2.05) is 39.6 Å². The Morgan fingerprint density at radius 2 is 1.33 bits per heavy atom. The van der Waals surface area contributed by atoms with Gasteiger partial charge in [-0.05, 0) is 13.8 Å². The standard InChI is InChI=1S/C12H15N3/c1-8-10(6-13)12(3,4)11(7-14)9(2)15(8)5/h1-5H3. The van der Waals surface area contributed by atoms with E-state index in [-0.39, 0.29) is 0 Å². The predicted molar refractivity (Wildman–Crippen MR) is 58.2 cm³/mol. The molecule has 0 aromatic rings. The Hall–Kier alpha value is -1.74. The molecule has 0 N–H and O–H groups in total. The summed E-state index contributed by atoms with van der Waals surface area (Å²) < 4.78 is 0. The fourth-order valence-electron chi connectivity index (χ4n) is 2.06. The molecule has 0 aromatic carbocycles. The number of allylic oxidation sites excluding steroid dienone is 4. The quantitative estimate of drug-likeness (QED) is 0.605. The van der Waals surface area contributed by atoms with E-state index in [4.69, 9.17) is 10.5 Å². The summed E-state index contributed by atoms with van der Waals surface area (Å²) in [5.74, 6) is 0. The largest absolute Gasteiger partial charge is 0.350 e. The molecule has 0 saturated carbocycles. The Morgan fingerprint density at radius 3 is 1.60 bits per heavy atom.